The summed E-state index contributed by atoms with van der Waals surface area (Å²) in [5.41, 5.74) is 5.91. The molecule has 0 saturated carbocycles. The standard InChI is InChI=1S/C16H15NO2/c18-16-13-7-3-5-11-8-10-4-1-2-6-12(10)14(15(11)13)9-17(16)19/h1-7,14,16,18-19H,8-9H2. The normalized spacial score (nSPS) is 24.7. The van der Waals surface area contributed by atoms with E-state index in [1.165, 1.54) is 22.3 Å². The first-order valence-electron chi connectivity index (χ1n) is 6.59. The summed E-state index contributed by atoms with van der Waals surface area (Å²) >= 11 is 0. The maximum Gasteiger partial charge on any atom is 0.155 e. The number of hydrogen-bond donors (Lipinski definition) is 2. The van der Waals surface area contributed by atoms with Crippen LogP contribution in [0.1, 0.15) is 40.0 Å². The number of fused-ring (bicyclic) bond motifs is 2. The van der Waals surface area contributed by atoms with E-state index in [2.05, 4.69) is 24.3 Å². The first kappa shape index (κ1) is 11.2. The Kier molecular flexibility index (Phi) is 2.30. The van der Waals surface area contributed by atoms with Crippen molar-refractivity contribution in [1.82, 2.24) is 5.06 Å². The smallest absolute Gasteiger partial charge is 0.155 e. The van der Waals surface area contributed by atoms with Crippen LogP contribution in [0.3, 0.4) is 0 Å². The number of hydroxylamine groups is 2. The largest absolute Gasteiger partial charge is 0.372 e. The second kappa shape index (κ2) is 3.90. The van der Waals surface area contributed by atoms with Gasteiger partial charge in [0, 0.05) is 18.0 Å². The minimum atomic E-state index is -0.906. The molecular weight excluding hydrogens is 238 g/mol. The number of benzene rings is 2. The summed E-state index contributed by atoms with van der Waals surface area (Å²) < 4.78 is 0. The molecule has 0 aromatic heterocycles. The molecule has 19 heavy (non-hydrogen) atoms. The topological polar surface area (TPSA) is 43.7 Å². The molecule has 2 aromatic rings. The Hall–Kier alpha value is -1.68. The van der Waals surface area contributed by atoms with Gasteiger partial charge in [0.2, 0.25) is 0 Å². The van der Waals surface area contributed by atoms with Crippen LogP contribution in [-0.4, -0.2) is 21.9 Å². The Bertz CT molecular complexity index is 653. The molecule has 2 aromatic carbocycles. The average molecular weight is 253 g/mol. The second-order valence-electron chi connectivity index (χ2n) is 5.34. The van der Waals surface area contributed by atoms with Gasteiger partial charge >= 0.3 is 0 Å². The highest BCUT2D eigenvalue weighted by molar-refractivity contribution is 5.53. The molecule has 0 radical (unpaired) electrons. The van der Waals surface area contributed by atoms with Gasteiger partial charge in [0.1, 0.15) is 0 Å². The average Bonchev–Trinajstić information content (AvgIpc) is 2.44. The fourth-order valence-electron chi connectivity index (χ4n) is 3.47. The van der Waals surface area contributed by atoms with Gasteiger partial charge < -0.3 is 10.3 Å². The van der Waals surface area contributed by atoms with Gasteiger partial charge in [0.15, 0.2) is 6.23 Å². The van der Waals surface area contributed by atoms with E-state index in [0.29, 0.717) is 6.54 Å². The lowest BCUT2D eigenvalue weighted by Gasteiger charge is -2.39. The van der Waals surface area contributed by atoms with Gasteiger partial charge in [0.25, 0.3) is 0 Å². The number of hydrogen-bond acceptors (Lipinski definition) is 3. The molecule has 0 amide bonds. The third-order valence-corrected chi connectivity index (χ3v) is 4.32. The van der Waals surface area contributed by atoms with E-state index >= 15 is 0 Å². The van der Waals surface area contributed by atoms with Crippen molar-refractivity contribution in [2.24, 2.45) is 0 Å². The van der Waals surface area contributed by atoms with Crippen LogP contribution in [0.25, 0.3) is 0 Å². The van der Waals surface area contributed by atoms with Crippen molar-refractivity contribution in [3.05, 3.63) is 70.3 Å². The van der Waals surface area contributed by atoms with Crippen molar-refractivity contribution in [2.45, 2.75) is 18.6 Å². The molecule has 1 aliphatic heterocycles. The van der Waals surface area contributed by atoms with Gasteiger partial charge in [-0.1, -0.05) is 42.5 Å². The Morgan fingerprint density at radius 3 is 2.58 bits per heavy atom. The Balaban J connectivity index is 1.98. The van der Waals surface area contributed by atoms with E-state index in [9.17, 15) is 10.3 Å². The van der Waals surface area contributed by atoms with Crippen LogP contribution in [0.5, 0.6) is 0 Å². The molecule has 0 fully saturated rings. The minimum absolute atomic E-state index is 0.157. The zero-order valence-electron chi connectivity index (χ0n) is 10.5. The number of aliphatic hydroxyl groups is 1. The van der Waals surface area contributed by atoms with Crippen molar-refractivity contribution >= 4 is 0 Å². The molecule has 2 atom stereocenters. The molecule has 3 nitrogen and oxygen atoms in total. The van der Waals surface area contributed by atoms with E-state index < -0.39 is 6.23 Å². The molecule has 1 aliphatic carbocycles. The van der Waals surface area contributed by atoms with Crippen LogP contribution in [0.4, 0.5) is 0 Å². The molecule has 96 valence electrons. The van der Waals surface area contributed by atoms with Crippen LogP contribution in [0.2, 0.25) is 0 Å². The quantitative estimate of drug-likeness (QED) is 0.757. The SMILES string of the molecule is OC1c2cccc3c2C(CN1O)c1ccccc1C3. The molecule has 2 unspecified atom stereocenters. The lowest BCUT2D eigenvalue weighted by molar-refractivity contribution is -0.207. The van der Waals surface area contributed by atoms with Crippen molar-refractivity contribution in [2.75, 3.05) is 6.54 Å². The summed E-state index contributed by atoms with van der Waals surface area (Å²) in [5.74, 6) is 0.157. The van der Waals surface area contributed by atoms with Gasteiger partial charge in [-0.2, -0.15) is 5.06 Å². The molecule has 2 N–H and O–H groups in total. The highest BCUT2D eigenvalue weighted by Gasteiger charge is 2.36. The highest BCUT2D eigenvalue weighted by Crippen LogP contribution is 2.44. The highest BCUT2D eigenvalue weighted by atomic mass is 16.5. The van der Waals surface area contributed by atoms with Gasteiger partial charge in [-0.3, -0.25) is 0 Å². The first-order chi connectivity index (χ1) is 9.25. The molecule has 2 aliphatic rings. The minimum Gasteiger partial charge on any atom is -0.372 e. The fraction of sp³-hybridized carbons (Fsp3) is 0.250. The number of nitrogens with zero attached hydrogens (tertiary/aromatic N) is 1. The second-order valence-corrected chi connectivity index (χ2v) is 5.34. The van der Waals surface area contributed by atoms with Crippen LogP contribution in [-0.2, 0) is 6.42 Å². The predicted molar refractivity (Wildman–Crippen MR) is 71.0 cm³/mol. The lowest BCUT2D eigenvalue weighted by Crippen LogP contribution is -2.38. The summed E-state index contributed by atoms with van der Waals surface area (Å²) in [6, 6.07) is 14.4. The number of rotatable bonds is 0. The van der Waals surface area contributed by atoms with E-state index in [-0.39, 0.29) is 5.92 Å². The summed E-state index contributed by atoms with van der Waals surface area (Å²) in [4.78, 5) is 0. The van der Waals surface area contributed by atoms with Gasteiger partial charge in [-0.05, 0) is 28.7 Å². The van der Waals surface area contributed by atoms with E-state index in [1.54, 1.807) is 0 Å². The van der Waals surface area contributed by atoms with Crippen LogP contribution < -0.4 is 0 Å². The third-order valence-electron chi connectivity index (χ3n) is 4.32. The number of aliphatic hydroxyl groups excluding tert-OH is 1. The lowest BCUT2D eigenvalue weighted by atomic mass is 9.74. The fourth-order valence-corrected chi connectivity index (χ4v) is 3.47. The summed E-state index contributed by atoms with van der Waals surface area (Å²) in [5, 5.41) is 21.1. The molecule has 0 bridgehead atoms. The van der Waals surface area contributed by atoms with E-state index in [0.717, 1.165) is 17.0 Å². The Morgan fingerprint density at radius 2 is 1.68 bits per heavy atom. The summed E-state index contributed by atoms with van der Waals surface area (Å²) in [6.07, 6.45) is 0.00466. The first-order valence-corrected chi connectivity index (χ1v) is 6.59. The van der Waals surface area contributed by atoms with Crippen molar-refractivity contribution in [1.29, 1.82) is 0 Å². The molecule has 1 heterocycles. The molecular formula is C16H15NO2. The third kappa shape index (κ3) is 1.49. The van der Waals surface area contributed by atoms with E-state index in [1.807, 2.05) is 18.2 Å². The van der Waals surface area contributed by atoms with Gasteiger partial charge in [0.05, 0.1) is 0 Å². The molecule has 4 rings (SSSR count). The zero-order chi connectivity index (χ0) is 13.0. The van der Waals surface area contributed by atoms with Gasteiger partial charge in [-0.15, -0.1) is 0 Å². The van der Waals surface area contributed by atoms with Crippen LogP contribution in [0, 0.1) is 0 Å². The maximum absolute atomic E-state index is 10.1. The molecule has 0 spiro atoms. The molecule has 3 heteroatoms. The molecule has 0 saturated heterocycles. The monoisotopic (exact) mass is 253 g/mol. The van der Waals surface area contributed by atoms with Gasteiger partial charge in [-0.25, -0.2) is 0 Å². The Morgan fingerprint density at radius 1 is 0.947 bits per heavy atom. The maximum atomic E-state index is 10.1. The van der Waals surface area contributed by atoms with Crippen molar-refractivity contribution in [3.63, 3.8) is 0 Å². The van der Waals surface area contributed by atoms with Crippen LogP contribution in [0.15, 0.2) is 42.5 Å². The van der Waals surface area contributed by atoms with E-state index in [4.69, 9.17) is 0 Å². The van der Waals surface area contributed by atoms with Crippen molar-refractivity contribution in [3.8, 4) is 0 Å². The predicted octanol–water partition coefficient (Wildman–Crippen LogP) is 2.42. The summed E-state index contributed by atoms with van der Waals surface area (Å²) in [7, 11) is 0. The Labute approximate surface area is 111 Å². The van der Waals surface area contributed by atoms with Crippen molar-refractivity contribution < 1.29 is 10.3 Å². The summed E-state index contributed by atoms with van der Waals surface area (Å²) in [6.45, 7) is 0.447. The zero-order valence-corrected chi connectivity index (χ0v) is 10.5. The van der Waals surface area contributed by atoms with Crippen LogP contribution >= 0.6 is 0 Å².